The van der Waals surface area contributed by atoms with E-state index in [1.54, 1.807) is 6.07 Å². The largest absolute Gasteiger partial charge is 0.404 e. The van der Waals surface area contributed by atoms with Crippen molar-refractivity contribution in [2.75, 3.05) is 26.7 Å². The van der Waals surface area contributed by atoms with E-state index in [1.807, 2.05) is 0 Å². The summed E-state index contributed by atoms with van der Waals surface area (Å²) in [6.07, 6.45) is -1.94. The number of rotatable bonds is 5. The molecule has 24 heavy (non-hydrogen) atoms. The van der Waals surface area contributed by atoms with Crippen LogP contribution in [0.4, 0.5) is 13.2 Å². The number of nitrogens with zero attached hydrogens (tertiary/aromatic N) is 1. The summed E-state index contributed by atoms with van der Waals surface area (Å²) in [5.74, 6) is -3.03. The first-order chi connectivity index (χ1) is 11.4. The summed E-state index contributed by atoms with van der Waals surface area (Å²) in [6, 6.07) is 7.39. The predicted molar refractivity (Wildman–Crippen MR) is 84.5 cm³/mol. The van der Waals surface area contributed by atoms with Gasteiger partial charge in [-0.15, -0.1) is 0 Å². The van der Waals surface area contributed by atoms with Gasteiger partial charge in [-0.3, -0.25) is 4.79 Å². The van der Waals surface area contributed by atoms with Crippen molar-refractivity contribution in [1.29, 1.82) is 0 Å². The van der Waals surface area contributed by atoms with Gasteiger partial charge in [0.15, 0.2) is 5.92 Å². The number of amides is 1. The zero-order valence-electron chi connectivity index (χ0n) is 13.6. The van der Waals surface area contributed by atoms with Gasteiger partial charge in [-0.2, -0.15) is 13.2 Å². The molecule has 1 unspecified atom stereocenters. The number of alkyl halides is 3. The summed E-state index contributed by atoms with van der Waals surface area (Å²) in [6.45, 7) is 2.61. The maximum atomic E-state index is 13.3. The molecule has 1 aromatic rings. The second-order valence-electron chi connectivity index (χ2n) is 6.28. The minimum Gasteiger partial charge on any atom is -0.400 e. The third-order valence-electron chi connectivity index (χ3n) is 4.44. The zero-order chi connectivity index (χ0) is 17.8. The van der Waals surface area contributed by atoms with Crippen LogP contribution in [-0.2, 0) is 4.79 Å². The molecule has 2 aliphatic rings. The van der Waals surface area contributed by atoms with E-state index in [0.29, 0.717) is 6.54 Å². The highest BCUT2D eigenvalue weighted by Crippen LogP contribution is 2.40. The van der Waals surface area contributed by atoms with Gasteiger partial charge in [0.25, 0.3) is 0 Å². The highest BCUT2D eigenvalue weighted by molar-refractivity contribution is 5.85. The van der Waals surface area contributed by atoms with Crippen LogP contribution in [0.2, 0.25) is 0 Å². The van der Waals surface area contributed by atoms with E-state index in [-0.39, 0.29) is 5.56 Å². The van der Waals surface area contributed by atoms with Gasteiger partial charge >= 0.3 is 6.18 Å². The molecule has 0 aromatic heterocycles. The van der Waals surface area contributed by atoms with Crippen LogP contribution in [0, 0.1) is 0 Å². The maximum Gasteiger partial charge on any atom is 0.404 e. The average Bonchev–Trinajstić information content (AvgIpc) is 3.25. The number of likely N-dealkylation sites (tertiary alicyclic amines) is 1. The van der Waals surface area contributed by atoms with Crippen molar-refractivity contribution in [2.45, 2.75) is 36.9 Å². The van der Waals surface area contributed by atoms with E-state index in [0.717, 1.165) is 39.5 Å². The molecule has 2 fully saturated rings. The second-order valence-corrected chi connectivity index (χ2v) is 6.28. The monoisotopic (exact) mass is 344 g/mol. The number of aliphatic hydroxyl groups is 1. The Hall–Kier alpha value is -1.60. The van der Waals surface area contributed by atoms with Crippen LogP contribution >= 0.6 is 0 Å². The van der Waals surface area contributed by atoms with Crippen LogP contribution in [0.3, 0.4) is 0 Å². The van der Waals surface area contributed by atoms with Crippen molar-refractivity contribution in [3.05, 3.63) is 35.9 Å². The van der Waals surface area contributed by atoms with E-state index in [4.69, 9.17) is 5.11 Å². The van der Waals surface area contributed by atoms with E-state index in [9.17, 15) is 18.0 Å². The fourth-order valence-electron chi connectivity index (χ4n) is 2.91. The molecule has 1 saturated carbocycles. The summed E-state index contributed by atoms with van der Waals surface area (Å²) < 4.78 is 40.0. The number of benzene rings is 1. The van der Waals surface area contributed by atoms with Gasteiger partial charge in [-0.1, -0.05) is 30.3 Å². The molecule has 134 valence electrons. The molecule has 1 amide bonds. The Morgan fingerprint density at radius 2 is 1.83 bits per heavy atom. The van der Waals surface area contributed by atoms with E-state index in [2.05, 4.69) is 10.2 Å². The Labute approximate surface area is 139 Å². The van der Waals surface area contributed by atoms with Gasteiger partial charge in [0.05, 0.1) is 5.54 Å². The average molecular weight is 344 g/mol. The van der Waals surface area contributed by atoms with Crippen molar-refractivity contribution in [1.82, 2.24) is 10.2 Å². The first-order valence-corrected chi connectivity index (χ1v) is 8.00. The Balaban J connectivity index is 0.00000100. The lowest BCUT2D eigenvalue weighted by molar-refractivity contribution is -0.165. The fraction of sp³-hybridized carbons (Fsp3) is 0.588. The molecule has 3 rings (SSSR count). The number of hydrogen-bond donors (Lipinski definition) is 2. The lowest BCUT2D eigenvalue weighted by atomic mass is 9.97. The summed E-state index contributed by atoms with van der Waals surface area (Å²) in [5, 5.41) is 9.67. The standard InChI is InChI=1S/C16H19F3N2O.CH4O/c17-16(18,19)13(12-5-2-1-3-6-12)14(22)20-15(7-8-15)11-21-9-4-10-21;1-2/h1-3,5-6,13H,4,7-11H2,(H,20,22);2H,1H3. The van der Waals surface area contributed by atoms with Gasteiger partial charge in [0.2, 0.25) is 5.91 Å². The van der Waals surface area contributed by atoms with Gasteiger partial charge in [0, 0.05) is 13.7 Å². The van der Waals surface area contributed by atoms with Crippen LogP contribution in [-0.4, -0.2) is 54.4 Å². The molecule has 1 saturated heterocycles. The minimum atomic E-state index is -4.59. The van der Waals surface area contributed by atoms with Crippen molar-refractivity contribution >= 4 is 5.91 Å². The van der Waals surface area contributed by atoms with Crippen LogP contribution in [0.5, 0.6) is 0 Å². The van der Waals surface area contributed by atoms with Gasteiger partial charge in [0.1, 0.15) is 0 Å². The summed E-state index contributed by atoms with van der Waals surface area (Å²) in [4.78, 5) is 14.5. The van der Waals surface area contributed by atoms with E-state index < -0.39 is 23.5 Å². The number of carbonyl (C=O) groups excluding carboxylic acids is 1. The number of aliphatic hydroxyl groups excluding tert-OH is 1. The molecular weight excluding hydrogens is 321 g/mol. The Kier molecular flexibility index (Phi) is 5.87. The molecular formula is C17H23F3N2O2. The topological polar surface area (TPSA) is 52.6 Å². The number of halogens is 3. The SMILES string of the molecule is CO.O=C(NC1(CN2CCC2)CC1)C(c1ccccc1)C(F)(F)F. The molecule has 1 aromatic carbocycles. The smallest absolute Gasteiger partial charge is 0.400 e. The quantitative estimate of drug-likeness (QED) is 0.862. The van der Waals surface area contributed by atoms with Crippen LogP contribution < -0.4 is 5.32 Å². The van der Waals surface area contributed by atoms with Gasteiger partial charge < -0.3 is 15.3 Å². The molecule has 1 aliphatic heterocycles. The van der Waals surface area contributed by atoms with Crippen molar-refractivity contribution in [2.24, 2.45) is 0 Å². The van der Waals surface area contributed by atoms with Crippen molar-refractivity contribution in [3.63, 3.8) is 0 Å². The predicted octanol–water partition coefficient (Wildman–Crippen LogP) is 2.30. The van der Waals surface area contributed by atoms with Crippen LogP contribution in [0.1, 0.15) is 30.7 Å². The Morgan fingerprint density at radius 1 is 1.25 bits per heavy atom. The normalized spacial score (nSPS) is 20.2. The third kappa shape index (κ3) is 4.48. The highest BCUT2D eigenvalue weighted by atomic mass is 19.4. The maximum absolute atomic E-state index is 13.3. The molecule has 1 atom stereocenters. The van der Waals surface area contributed by atoms with Crippen molar-refractivity contribution in [3.8, 4) is 0 Å². The van der Waals surface area contributed by atoms with E-state index in [1.165, 1.54) is 24.3 Å². The lowest BCUT2D eigenvalue weighted by Gasteiger charge is -2.35. The summed E-state index contributed by atoms with van der Waals surface area (Å²) >= 11 is 0. The first-order valence-electron chi connectivity index (χ1n) is 8.00. The summed E-state index contributed by atoms with van der Waals surface area (Å²) in [5.41, 5.74) is -0.456. The third-order valence-corrected chi connectivity index (χ3v) is 4.44. The second kappa shape index (κ2) is 7.53. The number of nitrogens with one attached hydrogen (secondary N) is 1. The molecule has 1 heterocycles. The van der Waals surface area contributed by atoms with Crippen molar-refractivity contribution < 1.29 is 23.1 Å². The number of hydrogen-bond acceptors (Lipinski definition) is 3. The molecule has 1 aliphatic carbocycles. The Bertz CT molecular complexity index is 541. The van der Waals surface area contributed by atoms with Crippen LogP contribution in [0.25, 0.3) is 0 Å². The Morgan fingerprint density at radius 3 is 2.25 bits per heavy atom. The lowest BCUT2D eigenvalue weighted by Crippen LogP contribution is -2.52. The minimum absolute atomic E-state index is 0.00718. The molecule has 7 heteroatoms. The summed E-state index contributed by atoms with van der Waals surface area (Å²) in [7, 11) is 1.00. The van der Waals surface area contributed by atoms with Gasteiger partial charge in [-0.05, 0) is 37.9 Å². The molecule has 0 bridgehead atoms. The van der Waals surface area contributed by atoms with Gasteiger partial charge in [-0.25, -0.2) is 0 Å². The highest BCUT2D eigenvalue weighted by Gasteiger charge is 2.51. The molecule has 0 spiro atoms. The molecule has 4 nitrogen and oxygen atoms in total. The number of carbonyl (C=O) groups is 1. The van der Waals surface area contributed by atoms with E-state index >= 15 is 0 Å². The zero-order valence-corrected chi connectivity index (χ0v) is 13.6. The molecule has 0 radical (unpaired) electrons. The fourth-order valence-corrected chi connectivity index (χ4v) is 2.91. The first kappa shape index (κ1) is 18.7. The van der Waals surface area contributed by atoms with Crippen LogP contribution in [0.15, 0.2) is 30.3 Å². The molecule has 2 N–H and O–H groups in total.